The Kier molecular flexibility index (Phi) is 4.49. The van der Waals surface area contributed by atoms with E-state index in [2.05, 4.69) is 20.3 Å². The number of hydrogen-bond donors (Lipinski definition) is 1. The first-order valence-corrected chi connectivity index (χ1v) is 6.38. The van der Waals surface area contributed by atoms with Crippen molar-refractivity contribution < 1.29 is 4.79 Å². The summed E-state index contributed by atoms with van der Waals surface area (Å²) in [7, 11) is 0. The molecule has 0 aliphatic carbocycles. The molecule has 0 radical (unpaired) electrons. The summed E-state index contributed by atoms with van der Waals surface area (Å²) >= 11 is 1.32. The lowest BCUT2D eigenvalue weighted by molar-refractivity contribution is 0.0955. The molecule has 0 atom stereocenters. The van der Waals surface area contributed by atoms with Gasteiger partial charge in [0.2, 0.25) is 0 Å². The van der Waals surface area contributed by atoms with Gasteiger partial charge in [0.05, 0.1) is 11.4 Å². The molecule has 0 unspecified atom stereocenters. The first-order chi connectivity index (χ1) is 9.29. The molecule has 7 heteroatoms. The quantitative estimate of drug-likeness (QED) is 0.515. The van der Waals surface area contributed by atoms with Gasteiger partial charge in [0.15, 0.2) is 0 Å². The first-order valence-electron chi connectivity index (χ1n) is 5.56. The zero-order valence-electron chi connectivity index (χ0n) is 9.98. The van der Waals surface area contributed by atoms with Crippen LogP contribution in [-0.2, 0) is 13.1 Å². The number of rotatable bonds is 5. The minimum absolute atomic E-state index is 0.138. The van der Waals surface area contributed by atoms with Crippen molar-refractivity contribution in [1.29, 1.82) is 0 Å². The Morgan fingerprint density at radius 1 is 1.47 bits per heavy atom. The molecular formula is C12H11N5OS. The number of hydrogen-bond acceptors (Lipinski definition) is 4. The summed E-state index contributed by atoms with van der Waals surface area (Å²) in [5.41, 5.74) is 9.18. The van der Waals surface area contributed by atoms with Crippen LogP contribution in [0.3, 0.4) is 0 Å². The van der Waals surface area contributed by atoms with E-state index in [0.29, 0.717) is 11.4 Å². The number of azide groups is 1. The van der Waals surface area contributed by atoms with Gasteiger partial charge in [-0.2, -0.15) is 0 Å². The number of nitrogens with zero attached hydrogens (tertiary/aromatic N) is 4. The monoisotopic (exact) mass is 273 g/mol. The maximum atomic E-state index is 11.9. The highest BCUT2D eigenvalue weighted by Gasteiger charge is 2.08. The van der Waals surface area contributed by atoms with Crippen LogP contribution in [0.4, 0.5) is 0 Å². The topological polar surface area (TPSA) is 90.8 Å². The Hall–Kier alpha value is -2.37. The van der Waals surface area contributed by atoms with E-state index in [4.69, 9.17) is 5.53 Å². The molecule has 1 amide bonds. The third-order valence-electron chi connectivity index (χ3n) is 2.35. The molecule has 1 N–H and O–H groups in total. The van der Waals surface area contributed by atoms with Gasteiger partial charge in [-0.25, -0.2) is 0 Å². The molecule has 2 aromatic heterocycles. The van der Waals surface area contributed by atoms with E-state index in [1.807, 2.05) is 12.1 Å². The van der Waals surface area contributed by atoms with Crippen molar-refractivity contribution in [2.24, 2.45) is 5.11 Å². The molecule has 0 spiro atoms. The summed E-state index contributed by atoms with van der Waals surface area (Å²) < 4.78 is 0. The normalized spacial score (nSPS) is 9.68. The van der Waals surface area contributed by atoms with Crippen molar-refractivity contribution in [2.75, 3.05) is 0 Å². The molecule has 0 bridgehead atoms. The Morgan fingerprint density at radius 3 is 3.11 bits per heavy atom. The Bertz CT molecular complexity index is 604. The summed E-state index contributed by atoms with van der Waals surface area (Å²) in [6.07, 6.45) is 3.40. The number of carbonyl (C=O) groups excluding carboxylic acids is 1. The molecule has 0 saturated heterocycles. The van der Waals surface area contributed by atoms with Crippen LogP contribution in [0.5, 0.6) is 0 Å². The zero-order valence-corrected chi connectivity index (χ0v) is 10.8. The van der Waals surface area contributed by atoms with E-state index in [1.54, 1.807) is 24.5 Å². The van der Waals surface area contributed by atoms with E-state index in [0.717, 1.165) is 10.4 Å². The van der Waals surface area contributed by atoms with Crippen LogP contribution in [-0.4, -0.2) is 10.9 Å². The highest BCUT2D eigenvalue weighted by molar-refractivity contribution is 7.14. The molecule has 0 aliphatic rings. The Labute approximate surface area is 113 Å². The summed E-state index contributed by atoms with van der Waals surface area (Å²) in [5, 5.41) is 6.27. The van der Waals surface area contributed by atoms with Crippen molar-refractivity contribution in [3.05, 3.63) is 62.4 Å². The van der Waals surface area contributed by atoms with Crippen LogP contribution in [0, 0.1) is 0 Å². The molecule has 0 aromatic carbocycles. The fourth-order valence-electron chi connectivity index (χ4n) is 1.46. The highest BCUT2D eigenvalue weighted by Crippen LogP contribution is 2.17. The molecular weight excluding hydrogens is 262 g/mol. The number of pyridine rings is 1. The molecule has 2 rings (SSSR count). The van der Waals surface area contributed by atoms with Crippen LogP contribution < -0.4 is 5.32 Å². The number of carbonyl (C=O) groups is 1. The van der Waals surface area contributed by atoms with Crippen LogP contribution in [0.25, 0.3) is 10.4 Å². The predicted molar refractivity (Wildman–Crippen MR) is 72.6 cm³/mol. The second kappa shape index (κ2) is 6.53. The summed E-state index contributed by atoms with van der Waals surface area (Å²) in [6, 6.07) is 7.24. The maximum absolute atomic E-state index is 11.9. The summed E-state index contributed by atoms with van der Waals surface area (Å²) in [5.74, 6) is -0.138. The van der Waals surface area contributed by atoms with Crippen molar-refractivity contribution in [2.45, 2.75) is 13.1 Å². The van der Waals surface area contributed by atoms with Gasteiger partial charge in [-0.15, -0.1) is 11.3 Å². The first kappa shape index (κ1) is 13.1. The van der Waals surface area contributed by atoms with Gasteiger partial charge in [0.25, 0.3) is 5.91 Å². The van der Waals surface area contributed by atoms with E-state index < -0.39 is 0 Å². The van der Waals surface area contributed by atoms with Crippen LogP contribution >= 0.6 is 11.3 Å². The molecule has 0 aliphatic heterocycles. The molecule has 2 heterocycles. The Balaban J connectivity index is 1.92. The summed E-state index contributed by atoms with van der Waals surface area (Å²) in [4.78, 5) is 20.0. The van der Waals surface area contributed by atoms with E-state index in [9.17, 15) is 4.79 Å². The lowest BCUT2D eigenvalue weighted by atomic mass is 10.3. The highest BCUT2D eigenvalue weighted by atomic mass is 32.1. The Morgan fingerprint density at radius 2 is 2.37 bits per heavy atom. The van der Waals surface area contributed by atoms with E-state index >= 15 is 0 Å². The largest absolute Gasteiger partial charge is 0.347 e. The average Bonchev–Trinajstić information content (AvgIpc) is 2.92. The maximum Gasteiger partial charge on any atom is 0.261 e. The van der Waals surface area contributed by atoms with Crippen molar-refractivity contribution in [1.82, 2.24) is 10.3 Å². The predicted octanol–water partition coefficient (Wildman–Crippen LogP) is 2.88. The van der Waals surface area contributed by atoms with Crippen LogP contribution in [0.2, 0.25) is 0 Å². The van der Waals surface area contributed by atoms with Gasteiger partial charge in [-0.1, -0.05) is 11.2 Å². The van der Waals surface area contributed by atoms with E-state index in [1.165, 1.54) is 11.3 Å². The molecule has 0 fully saturated rings. The van der Waals surface area contributed by atoms with Gasteiger partial charge in [0, 0.05) is 28.7 Å². The minimum Gasteiger partial charge on any atom is -0.347 e. The number of nitrogens with one attached hydrogen (secondary N) is 1. The smallest absolute Gasteiger partial charge is 0.261 e. The SMILES string of the molecule is [N-]=[N+]=NCc1ccc(C(=O)NCc2cccnc2)s1. The number of thiophene rings is 1. The van der Waals surface area contributed by atoms with Crippen LogP contribution in [0.15, 0.2) is 41.8 Å². The summed E-state index contributed by atoms with van der Waals surface area (Å²) in [6.45, 7) is 0.716. The lowest BCUT2D eigenvalue weighted by Crippen LogP contribution is -2.21. The lowest BCUT2D eigenvalue weighted by Gasteiger charge is -2.02. The standard InChI is InChI=1S/C12H11N5OS/c13-17-16-8-10-3-4-11(19-10)12(18)15-7-9-2-1-5-14-6-9/h1-6H,7-8H2,(H,15,18). The molecule has 2 aromatic rings. The second-order valence-electron chi connectivity index (χ2n) is 3.70. The van der Waals surface area contributed by atoms with Gasteiger partial charge >= 0.3 is 0 Å². The van der Waals surface area contributed by atoms with Crippen LogP contribution in [0.1, 0.15) is 20.1 Å². The fraction of sp³-hybridized carbons (Fsp3) is 0.167. The van der Waals surface area contributed by atoms with Crippen molar-refractivity contribution in [3.8, 4) is 0 Å². The van der Waals surface area contributed by atoms with Gasteiger partial charge in [-0.05, 0) is 29.3 Å². The zero-order chi connectivity index (χ0) is 13.5. The molecule has 6 nitrogen and oxygen atoms in total. The number of aromatic nitrogens is 1. The average molecular weight is 273 g/mol. The van der Waals surface area contributed by atoms with Crippen molar-refractivity contribution >= 4 is 17.2 Å². The van der Waals surface area contributed by atoms with Crippen molar-refractivity contribution in [3.63, 3.8) is 0 Å². The van der Waals surface area contributed by atoms with Gasteiger partial charge in [-0.3, -0.25) is 9.78 Å². The molecule has 19 heavy (non-hydrogen) atoms. The molecule has 96 valence electrons. The van der Waals surface area contributed by atoms with Gasteiger partial charge in [0.1, 0.15) is 0 Å². The third-order valence-corrected chi connectivity index (χ3v) is 3.42. The second-order valence-corrected chi connectivity index (χ2v) is 4.87. The molecule has 0 saturated carbocycles. The number of amides is 1. The minimum atomic E-state index is -0.138. The fourth-order valence-corrected chi connectivity index (χ4v) is 2.30. The third kappa shape index (κ3) is 3.80. The van der Waals surface area contributed by atoms with Gasteiger partial charge < -0.3 is 5.32 Å². The van der Waals surface area contributed by atoms with E-state index in [-0.39, 0.29) is 12.5 Å².